The van der Waals surface area contributed by atoms with Crippen molar-refractivity contribution in [2.24, 2.45) is 0 Å². The zero-order chi connectivity index (χ0) is 16.5. The molecule has 1 amide bonds. The molecule has 1 aliphatic carbocycles. The summed E-state index contributed by atoms with van der Waals surface area (Å²) >= 11 is 0. The van der Waals surface area contributed by atoms with E-state index in [0.29, 0.717) is 31.8 Å². The highest BCUT2D eigenvalue weighted by Gasteiger charge is 2.30. The van der Waals surface area contributed by atoms with E-state index in [1.165, 1.54) is 12.1 Å². The quantitative estimate of drug-likeness (QED) is 0.938. The first-order valence-corrected chi connectivity index (χ1v) is 8.42. The number of H-pyrrole nitrogens is 1. The van der Waals surface area contributed by atoms with Crippen LogP contribution in [0.4, 0.5) is 4.39 Å². The fourth-order valence-electron chi connectivity index (χ4n) is 3.56. The number of morpholine rings is 1. The molecule has 24 heavy (non-hydrogen) atoms. The van der Waals surface area contributed by atoms with Gasteiger partial charge in [0.2, 0.25) is 0 Å². The number of hydrogen-bond acceptors (Lipinski definition) is 3. The van der Waals surface area contributed by atoms with Crippen LogP contribution in [0.1, 0.15) is 33.7 Å². The predicted octanol–water partition coefficient (Wildman–Crippen LogP) is 2.12. The van der Waals surface area contributed by atoms with Crippen LogP contribution in [0.2, 0.25) is 0 Å². The zero-order valence-electron chi connectivity index (χ0n) is 13.4. The van der Waals surface area contributed by atoms with Crippen molar-refractivity contribution in [3.63, 3.8) is 0 Å². The van der Waals surface area contributed by atoms with Crippen molar-refractivity contribution in [2.75, 3.05) is 19.7 Å². The van der Waals surface area contributed by atoms with Crippen molar-refractivity contribution in [1.82, 2.24) is 15.1 Å². The number of aryl methyl sites for hydroxylation is 1. The first-order chi connectivity index (χ1) is 11.7. The fraction of sp³-hybridized carbons (Fsp3) is 0.444. The molecule has 6 heteroatoms. The maximum absolute atomic E-state index is 13.0. The van der Waals surface area contributed by atoms with E-state index in [1.807, 2.05) is 4.90 Å². The standard InChI is InChI=1S/C18H20FN3O2/c19-13-6-4-12(5-7-13)10-14-11-22(8-9-24-14)18(23)17-15-2-1-3-16(15)20-21-17/h4-7,14H,1-3,8-11H2,(H,20,21). The van der Waals surface area contributed by atoms with Crippen LogP contribution in [-0.2, 0) is 24.0 Å². The number of aromatic amines is 1. The van der Waals surface area contributed by atoms with Gasteiger partial charge in [-0.15, -0.1) is 0 Å². The van der Waals surface area contributed by atoms with Crippen LogP contribution in [0.5, 0.6) is 0 Å². The minimum absolute atomic E-state index is 0.0122. The molecule has 2 aliphatic rings. The van der Waals surface area contributed by atoms with E-state index in [-0.39, 0.29) is 17.8 Å². The van der Waals surface area contributed by atoms with Crippen LogP contribution in [0.15, 0.2) is 24.3 Å². The van der Waals surface area contributed by atoms with Gasteiger partial charge in [0.15, 0.2) is 5.69 Å². The number of hydrogen-bond donors (Lipinski definition) is 1. The number of aromatic nitrogens is 2. The highest BCUT2D eigenvalue weighted by molar-refractivity contribution is 5.94. The van der Waals surface area contributed by atoms with Crippen LogP contribution in [0, 0.1) is 5.82 Å². The van der Waals surface area contributed by atoms with Crippen molar-refractivity contribution >= 4 is 5.91 Å². The number of benzene rings is 1. The molecule has 0 bridgehead atoms. The van der Waals surface area contributed by atoms with Gasteiger partial charge in [0.05, 0.1) is 12.7 Å². The molecule has 2 aromatic rings. The molecule has 5 nitrogen and oxygen atoms in total. The Morgan fingerprint density at radius 1 is 1.33 bits per heavy atom. The van der Waals surface area contributed by atoms with Crippen LogP contribution >= 0.6 is 0 Å². The highest BCUT2D eigenvalue weighted by atomic mass is 19.1. The van der Waals surface area contributed by atoms with Crippen LogP contribution < -0.4 is 0 Å². The van der Waals surface area contributed by atoms with E-state index >= 15 is 0 Å². The van der Waals surface area contributed by atoms with E-state index in [0.717, 1.165) is 36.1 Å². The normalized spacial score (nSPS) is 20.2. The molecule has 1 aromatic heterocycles. The third-order valence-corrected chi connectivity index (χ3v) is 4.81. The molecule has 0 saturated carbocycles. The Morgan fingerprint density at radius 2 is 2.17 bits per heavy atom. The largest absolute Gasteiger partial charge is 0.374 e. The van der Waals surface area contributed by atoms with Crippen molar-refractivity contribution in [2.45, 2.75) is 31.8 Å². The molecule has 0 spiro atoms. The molecule has 126 valence electrons. The lowest BCUT2D eigenvalue weighted by Gasteiger charge is -2.32. The second-order valence-electron chi connectivity index (χ2n) is 6.46. The number of nitrogens with one attached hydrogen (secondary N) is 1. The van der Waals surface area contributed by atoms with Crippen LogP contribution in [0.25, 0.3) is 0 Å². The highest BCUT2D eigenvalue weighted by Crippen LogP contribution is 2.24. The molecule has 1 saturated heterocycles. The number of nitrogens with zero attached hydrogens (tertiary/aromatic N) is 2. The molecular weight excluding hydrogens is 309 g/mol. The van der Waals surface area contributed by atoms with Gasteiger partial charge in [0.25, 0.3) is 5.91 Å². The summed E-state index contributed by atoms with van der Waals surface area (Å²) < 4.78 is 18.8. The number of carbonyl (C=O) groups excluding carboxylic acids is 1. The smallest absolute Gasteiger partial charge is 0.274 e. The number of halogens is 1. The second-order valence-corrected chi connectivity index (χ2v) is 6.46. The number of ether oxygens (including phenoxy) is 1. The molecule has 1 fully saturated rings. The van der Waals surface area contributed by atoms with E-state index in [4.69, 9.17) is 4.74 Å². The number of carbonyl (C=O) groups is 1. The molecule has 0 radical (unpaired) electrons. The van der Waals surface area contributed by atoms with Gasteiger partial charge >= 0.3 is 0 Å². The Bertz CT molecular complexity index is 741. The van der Waals surface area contributed by atoms with Crippen LogP contribution in [-0.4, -0.2) is 46.8 Å². The lowest BCUT2D eigenvalue weighted by atomic mass is 10.1. The van der Waals surface area contributed by atoms with Gasteiger partial charge in [-0.05, 0) is 37.0 Å². The van der Waals surface area contributed by atoms with Crippen molar-refractivity contribution in [3.8, 4) is 0 Å². The number of rotatable bonds is 3. The minimum atomic E-state index is -0.243. The molecule has 1 atom stereocenters. The van der Waals surface area contributed by atoms with E-state index < -0.39 is 0 Å². The first-order valence-electron chi connectivity index (χ1n) is 8.42. The Balaban J connectivity index is 1.44. The number of amides is 1. The number of fused-ring (bicyclic) bond motifs is 1. The zero-order valence-corrected chi connectivity index (χ0v) is 13.4. The molecule has 1 aromatic carbocycles. The van der Waals surface area contributed by atoms with Gasteiger partial charge in [0, 0.05) is 30.8 Å². The summed E-state index contributed by atoms with van der Waals surface area (Å²) in [6, 6.07) is 6.43. The summed E-state index contributed by atoms with van der Waals surface area (Å²) in [4.78, 5) is 14.6. The molecule has 1 aliphatic heterocycles. The Labute approximate surface area is 139 Å². The summed E-state index contributed by atoms with van der Waals surface area (Å²) in [6.07, 6.45) is 3.59. The summed E-state index contributed by atoms with van der Waals surface area (Å²) in [6.45, 7) is 1.64. The monoisotopic (exact) mass is 329 g/mol. The van der Waals surface area contributed by atoms with Gasteiger partial charge in [0.1, 0.15) is 5.82 Å². The summed E-state index contributed by atoms with van der Waals surface area (Å²) in [5, 5.41) is 7.23. The maximum atomic E-state index is 13.0. The lowest BCUT2D eigenvalue weighted by Crippen LogP contribution is -2.46. The minimum Gasteiger partial charge on any atom is -0.374 e. The third kappa shape index (κ3) is 2.94. The molecule has 1 N–H and O–H groups in total. The topological polar surface area (TPSA) is 58.2 Å². The lowest BCUT2D eigenvalue weighted by molar-refractivity contribution is -0.0210. The van der Waals surface area contributed by atoms with Crippen molar-refractivity contribution in [3.05, 3.63) is 52.6 Å². The Kier molecular flexibility index (Phi) is 4.06. The first kappa shape index (κ1) is 15.3. The average Bonchev–Trinajstić information content (AvgIpc) is 3.20. The summed E-state index contributed by atoms with van der Waals surface area (Å²) in [7, 11) is 0. The predicted molar refractivity (Wildman–Crippen MR) is 86.4 cm³/mol. The molecular formula is C18H20FN3O2. The van der Waals surface area contributed by atoms with Crippen LogP contribution in [0.3, 0.4) is 0 Å². The van der Waals surface area contributed by atoms with E-state index in [1.54, 1.807) is 12.1 Å². The summed E-state index contributed by atoms with van der Waals surface area (Å²) in [5.41, 5.74) is 3.78. The van der Waals surface area contributed by atoms with Gasteiger partial charge in [-0.2, -0.15) is 5.10 Å². The third-order valence-electron chi connectivity index (χ3n) is 4.81. The van der Waals surface area contributed by atoms with E-state index in [2.05, 4.69) is 10.2 Å². The van der Waals surface area contributed by atoms with E-state index in [9.17, 15) is 9.18 Å². The molecule has 4 rings (SSSR count). The van der Waals surface area contributed by atoms with Gasteiger partial charge in [-0.25, -0.2) is 4.39 Å². The Hall–Kier alpha value is -2.21. The van der Waals surface area contributed by atoms with Crippen molar-refractivity contribution < 1.29 is 13.9 Å². The van der Waals surface area contributed by atoms with Crippen molar-refractivity contribution in [1.29, 1.82) is 0 Å². The molecule has 1 unspecified atom stereocenters. The molecule has 2 heterocycles. The second kappa shape index (κ2) is 6.36. The average molecular weight is 329 g/mol. The van der Waals surface area contributed by atoms with Gasteiger partial charge in [-0.3, -0.25) is 9.89 Å². The SMILES string of the molecule is O=C(c1n[nH]c2c1CCC2)N1CCOC(Cc2ccc(F)cc2)C1. The maximum Gasteiger partial charge on any atom is 0.274 e. The Morgan fingerprint density at radius 3 is 3.00 bits per heavy atom. The van der Waals surface area contributed by atoms with Gasteiger partial charge < -0.3 is 9.64 Å². The van der Waals surface area contributed by atoms with Gasteiger partial charge in [-0.1, -0.05) is 12.1 Å². The summed E-state index contributed by atoms with van der Waals surface area (Å²) in [5.74, 6) is -0.255. The fourth-order valence-corrected chi connectivity index (χ4v) is 3.56.